The first-order valence-electron chi connectivity index (χ1n) is 11.3. The van der Waals surface area contributed by atoms with Gasteiger partial charge >= 0.3 is 0 Å². The maximum absolute atomic E-state index is 9.63. The third-order valence-electron chi connectivity index (χ3n) is 5.88. The van der Waals surface area contributed by atoms with E-state index < -0.39 is 0 Å². The molecule has 0 saturated carbocycles. The van der Waals surface area contributed by atoms with Crippen LogP contribution in [0.5, 0.6) is 5.75 Å². The minimum absolute atomic E-state index is 0.102. The number of hydrogen-bond acceptors (Lipinski definition) is 9. The molecule has 0 radical (unpaired) electrons. The predicted molar refractivity (Wildman–Crippen MR) is 128 cm³/mol. The first kappa shape index (κ1) is 21.2. The Kier molecular flexibility index (Phi) is 6.37. The first-order valence-corrected chi connectivity index (χ1v) is 11.3. The van der Waals surface area contributed by atoms with E-state index in [1.54, 1.807) is 0 Å². The summed E-state index contributed by atoms with van der Waals surface area (Å²) in [5, 5.41) is 19.5. The second-order valence-electron chi connectivity index (χ2n) is 8.11. The van der Waals surface area contributed by atoms with Crippen molar-refractivity contribution < 1.29 is 9.47 Å². The predicted octanol–water partition coefficient (Wildman–Crippen LogP) is 1.91. The van der Waals surface area contributed by atoms with Crippen LogP contribution < -0.4 is 25.6 Å². The number of nitrogens with zero attached hydrogens (tertiary/aromatic N) is 4. The molecule has 2 aromatic carbocycles. The van der Waals surface area contributed by atoms with E-state index >= 15 is 0 Å². The molecule has 33 heavy (non-hydrogen) atoms. The second kappa shape index (κ2) is 9.90. The Balaban J connectivity index is 1.23. The number of morpholine rings is 1. The summed E-state index contributed by atoms with van der Waals surface area (Å²) >= 11 is 0. The average molecular weight is 446 g/mol. The molecule has 0 aliphatic carbocycles. The zero-order chi connectivity index (χ0) is 22.5. The summed E-state index contributed by atoms with van der Waals surface area (Å²) in [5.41, 5.74) is 3.44. The van der Waals surface area contributed by atoms with Gasteiger partial charge in [0.25, 0.3) is 0 Å². The summed E-state index contributed by atoms with van der Waals surface area (Å²) in [7, 11) is 0. The zero-order valence-electron chi connectivity index (χ0n) is 18.4. The highest BCUT2D eigenvalue weighted by Crippen LogP contribution is 2.23. The molecule has 9 heteroatoms. The minimum Gasteiger partial charge on any atom is -0.488 e. The topological polar surface area (TPSA) is 106 Å². The standard InChI is InChI=1S/C24H27N7O2/c25-14-18-13-17(1-6-22(18)33-21-7-8-26-15-21)23-27-16-28-24(30-23)29-19-2-4-20(5-3-19)31-9-11-32-12-10-31/h1-6,13,21,26H,7-12,15-16H2,(H2,27,28,29,30)/t21-/m1/s1. The van der Waals surface area contributed by atoms with Crippen molar-refractivity contribution >= 4 is 23.2 Å². The molecule has 0 bridgehead atoms. The number of amidine groups is 1. The maximum Gasteiger partial charge on any atom is 0.203 e. The smallest absolute Gasteiger partial charge is 0.203 e. The Bertz CT molecular complexity index is 1080. The van der Waals surface area contributed by atoms with Crippen LogP contribution in [0.1, 0.15) is 17.5 Å². The van der Waals surface area contributed by atoms with E-state index in [2.05, 4.69) is 49.0 Å². The molecule has 0 amide bonds. The van der Waals surface area contributed by atoms with Crippen LogP contribution in [0, 0.1) is 11.3 Å². The normalized spacial score (nSPS) is 20.3. The van der Waals surface area contributed by atoms with Gasteiger partial charge in [-0.25, -0.2) is 9.98 Å². The summed E-state index contributed by atoms with van der Waals surface area (Å²) in [6.07, 6.45) is 1.05. The van der Waals surface area contributed by atoms with Crippen molar-refractivity contribution in [3.63, 3.8) is 0 Å². The molecular weight excluding hydrogens is 418 g/mol. The molecule has 0 aromatic heterocycles. The highest BCUT2D eigenvalue weighted by molar-refractivity contribution is 6.13. The van der Waals surface area contributed by atoms with Gasteiger partial charge in [0.05, 0.1) is 18.8 Å². The van der Waals surface area contributed by atoms with Gasteiger partial charge in [0, 0.05) is 36.6 Å². The third-order valence-corrected chi connectivity index (χ3v) is 5.88. The number of anilines is 2. The number of nitrogens with one attached hydrogen (secondary N) is 3. The summed E-state index contributed by atoms with van der Waals surface area (Å²) < 4.78 is 11.4. The molecule has 170 valence electrons. The lowest BCUT2D eigenvalue weighted by Gasteiger charge is -2.29. The van der Waals surface area contributed by atoms with E-state index in [9.17, 15) is 5.26 Å². The Morgan fingerprint density at radius 3 is 2.73 bits per heavy atom. The molecule has 2 fully saturated rings. The van der Waals surface area contributed by atoms with E-state index in [4.69, 9.17) is 9.47 Å². The Morgan fingerprint density at radius 2 is 1.97 bits per heavy atom. The molecule has 3 aliphatic rings. The van der Waals surface area contributed by atoms with Crippen molar-refractivity contribution in [2.24, 2.45) is 9.98 Å². The van der Waals surface area contributed by atoms with E-state index in [-0.39, 0.29) is 6.10 Å². The molecule has 5 rings (SSSR count). The number of rotatable bonds is 5. The summed E-state index contributed by atoms with van der Waals surface area (Å²) in [5.74, 6) is 1.90. The molecule has 0 unspecified atom stereocenters. The van der Waals surface area contributed by atoms with E-state index in [1.165, 1.54) is 5.69 Å². The van der Waals surface area contributed by atoms with Crippen LogP contribution in [0.15, 0.2) is 52.4 Å². The summed E-state index contributed by atoms with van der Waals surface area (Å²) in [6.45, 7) is 5.41. The van der Waals surface area contributed by atoms with Crippen molar-refractivity contribution in [3.8, 4) is 11.8 Å². The zero-order valence-corrected chi connectivity index (χ0v) is 18.4. The molecule has 2 saturated heterocycles. The highest BCUT2D eigenvalue weighted by Gasteiger charge is 2.19. The van der Waals surface area contributed by atoms with Crippen LogP contribution in [0.3, 0.4) is 0 Å². The van der Waals surface area contributed by atoms with E-state index in [0.717, 1.165) is 57.1 Å². The van der Waals surface area contributed by atoms with Crippen molar-refractivity contribution in [2.75, 3.05) is 56.3 Å². The van der Waals surface area contributed by atoms with Gasteiger partial charge in [-0.1, -0.05) is 0 Å². The number of guanidine groups is 1. The lowest BCUT2D eigenvalue weighted by molar-refractivity contribution is 0.122. The van der Waals surface area contributed by atoms with Gasteiger partial charge in [0.15, 0.2) is 0 Å². The molecule has 3 N–H and O–H groups in total. The van der Waals surface area contributed by atoms with Crippen LogP contribution in [-0.2, 0) is 4.74 Å². The van der Waals surface area contributed by atoms with Crippen molar-refractivity contribution in [1.82, 2.24) is 10.6 Å². The van der Waals surface area contributed by atoms with Gasteiger partial charge in [-0.05, 0) is 55.4 Å². The Hall–Kier alpha value is -3.61. The van der Waals surface area contributed by atoms with E-state index in [0.29, 0.717) is 29.8 Å². The largest absolute Gasteiger partial charge is 0.488 e. The van der Waals surface area contributed by atoms with E-state index in [1.807, 2.05) is 30.3 Å². The fourth-order valence-electron chi connectivity index (χ4n) is 4.09. The molecule has 9 nitrogen and oxygen atoms in total. The van der Waals surface area contributed by atoms with Gasteiger partial charge in [-0.2, -0.15) is 5.26 Å². The fraction of sp³-hybridized carbons (Fsp3) is 0.375. The minimum atomic E-state index is 0.102. The Morgan fingerprint density at radius 1 is 1.12 bits per heavy atom. The quantitative estimate of drug-likeness (QED) is 0.646. The number of ether oxygens (including phenoxy) is 2. The van der Waals surface area contributed by atoms with Crippen molar-refractivity contribution in [2.45, 2.75) is 12.5 Å². The van der Waals surface area contributed by atoms with Crippen molar-refractivity contribution in [3.05, 3.63) is 53.6 Å². The number of aliphatic imine (C=N–C) groups is 2. The average Bonchev–Trinajstić information content (AvgIpc) is 3.39. The number of nitriles is 1. The second-order valence-corrected chi connectivity index (χ2v) is 8.11. The van der Waals surface area contributed by atoms with Crippen LogP contribution in [-0.4, -0.2) is 64.0 Å². The van der Waals surface area contributed by atoms with Gasteiger partial charge < -0.3 is 30.3 Å². The number of benzene rings is 2. The van der Waals surface area contributed by atoms with Crippen LogP contribution in [0.25, 0.3) is 0 Å². The molecular formula is C24H27N7O2. The van der Waals surface area contributed by atoms with Crippen LogP contribution in [0.4, 0.5) is 11.4 Å². The van der Waals surface area contributed by atoms with Gasteiger partial charge in [0.2, 0.25) is 5.96 Å². The Labute approximate surface area is 193 Å². The molecule has 2 aromatic rings. The first-order chi connectivity index (χ1) is 16.3. The number of hydrogen-bond donors (Lipinski definition) is 3. The molecule has 1 atom stereocenters. The summed E-state index contributed by atoms with van der Waals surface area (Å²) in [4.78, 5) is 11.2. The monoisotopic (exact) mass is 445 g/mol. The molecule has 0 spiro atoms. The van der Waals surface area contributed by atoms with Crippen molar-refractivity contribution in [1.29, 1.82) is 5.26 Å². The van der Waals surface area contributed by atoms with Gasteiger partial charge in [-0.3, -0.25) is 0 Å². The highest BCUT2D eigenvalue weighted by atomic mass is 16.5. The molecule has 3 heterocycles. The van der Waals surface area contributed by atoms with Crippen LogP contribution in [0.2, 0.25) is 0 Å². The third kappa shape index (κ3) is 5.08. The SMILES string of the molecule is N#Cc1cc(C2=NCN=C(Nc3ccc(N4CCOCC4)cc3)N2)ccc1O[C@@H]1CCNC1. The lowest BCUT2D eigenvalue weighted by atomic mass is 10.1. The molecule has 3 aliphatic heterocycles. The van der Waals surface area contributed by atoms with Crippen LogP contribution >= 0.6 is 0 Å². The fourth-order valence-corrected chi connectivity index (χ4v) is 4.09. The van der Waals surface area contributed by atoms with Gasteiger partial charge in [0.1, 0.15) is 30.4 Å². The van der Waals surface area contributed by atoms with Gasteiger partial charge in [-0.15, -0.1) is 0 Å². The summed E-state index contributed by atoms with van der Waals surface area (Å²) in [6, 6.07) is 16.1. The lowest BCUT2D eigenvalue weighted by Crippen LogP contribution is -2.39. The maximum atomic E-state index is 9.63.